The molecule has 2 aromatic heterocycles. The molecule has 0 radical (unpaired) electrons. The lowest BCUT2D eigenvalue weighted by atomic mass is 9.99. The molecule has 0 aliphatic heterocycles. The molecule has 7 heteroatoms. The molecule has 5 rings (SSSR count). The Morgan fingerprint density at radius 1 is 0.882 bits per heavy atom. The summed E-state index contributed by atoms with van der Waals surface area (Å²) in [4.78, 5) is 25.2. The second kappa shape index (κ2) is 8.78. The summed E-state index contributed by atoms with van der Waals surface area (Å²) in [5.41, 5.74) is 4.29. The predicted molar refractivity (Wildman–Crippen MR) is 133 cm³/mol. The highest BCUT2D eigenvalue weighted by Crippen LogP contribution is 2.39. The summed E-state index contributed by atoms with van der Waals surface area (Å²) < 4.78 is 16.3. The molecule has 0 spiro atoms. The number of H-pyrrole nitrogens is 2. The molecular formula is C27H23N3O4. The van der Waals surface area contributed by atoms with Gasteiger partial charge in [0.2, 0.25) is 5.75 Å². The molecule has 2 N–H and O–H groups in total. The van der Waals surface area contributed by atoms with E-state index in [2.05, 4.69) is 9.97 Å². The van der Waals surface area contributed by atoms with Gasteiger partial charge in [0.05, 0.1) is 37.9 Å². The average molecular weight is 453 g/mol. The number of hydrogen-bond acceptors (Lipinski definition) is 5. The van der Waals surface area contributed by atoms with Gasteiger partial charge in [-0.2, -0.15) is 0 Å². The minimum absolute atomic E-state index is 0.233. The van der Waals surface area contributed by atoms with Gasteiger partial charge in [-0.15, -0.1) is 0 Å². The van der Waals surface area contributed by atoms with Gasteiger partial charge in [-0.1, -0.05) is 30.3 Å². The van der Waals surface area contributed by atoms with Crippen molar-refractivity contribution in [2.45, 2.75) is 0 Å². The van der Waals surface area contributed by atoms with Crippen LogP contribution >= 0.6 is 0 Å². The quantitative estimate of drug-likeness (QED) is 0.251. The van der Waals surface area contributed by atoms with E-state index < -0.39 is 0 Å². The number of rotatable bonds is 7. The fourth-order valence-electron chi connectivity index (χ4n) is 4.06. The first kappa shape index (κ1) is 21.3. The first-order valence-corrected chi connectivity index (χ1v) is 10.7. The third-order valence-electron chi connectivity index (χ3n) is 5.74. The van der Waals surface area contributed by atoms with Crippen molar-refractivity contribution in [3.8, 4) is 17.2 Å². The van der Waals surface area contributed by atoms with Crippen LogP contribution in [-0.2, 0) is 0 Å². The SMILES string of the molecule is COc1cc(C(=O)C(=Cc2c[nH]c3ccccc23)c2nc3ccccc3[nH]2)cc(OC)c1OC. The molecule has 0 saturated carbocycles. The van der Waals surface area contributed by atoms with Gasteiger partial charge in [-0.05, 0) is 36.4 Å². The van der Waals surface area contributed by atoms with Crippen LogP contribution in [0.4, 0.5) is 0 Å². The zero-order valence-corrected chi connectivity index (χ0v) is 19.0. The number of methoxy groups -OCH3 is 3. The van der Waals surface area contributed by atoms with Gasteiger partial charge in [-0.3, -0.25) is 4.79 Å². The molecule has 0 aliphatic rings. The highest BCUT2D eigenvalue weighted by atomic mass is 16.5. The third kappa shape index (κ3) is 3.67. The predicted octanol–water partition coefficient (Wildman–Crippen LogP) is 5.49. The largest absolute Gasteiger partial charge is 0.493 e. The second-order valence-electron chi connectivity index (χ2n) is 7.69. The second-order valence-corrected chi connectivity index (χ2v) is 7.69. The van der Waals surface area contributed by atoms with Crippen LogP contribution in [0.5, 0.6) is 17.2 Å². The van der Waals surface area contributed by atoms with E-state index in [-0.39, 0.29) is 5.78 Å². The van der Waals surface area contributed by atoms with E-state index in [9.17, 15) is 4.79 Å². The summed E-state index contributed by atoms with van der Waals surface area (Å²) in [6.07, 6.45) is 3.73. The van der Waals surface area contributed by atoms with Crippen molar-refractivity contribution >= 4 is 39.4 Å². The van der Waals surface area contributed by atoms with E-state index >= 15 is 0 Å². The molecule has 7 nitrogen and oxygen atoms in total. The molecule has 3 aromatic carbocycles. The first-order chi connectivity index (χ1) is 16.6. The Morgan fingerprint density at radius 2 is 1.56 bits per heavy atom. The summed E-state index contributed by atoms with van der Waals surface area (Å²) >= 11 is 0. The number of ketones is 1. The minimum atomic E-state index is -0.233. The van der Waals surface area contributed by atoms with Crippen molar-refractivity contribution in [1.29, 1.82) is 0 Å². The third-order valence-corrected chi connectivity index (χ3v) is 5.74. The summed E-state index contributed by atoms with van der Waals surface area (Å²) in [5.74, 6) is 1.48. The summed E-state index contributed by atoms with van der Waals surface area (Å²) in [5, 5.41) is 1.01. The number of allylic oxidation sites excluding steroid dienone is 1. The van der Waals surface area contributed by atoms with Gasteiger partial charge < -0.3 is 24.2 Å². The molecule has 34 heavy (non-hydrogen) atoms. The number of ether oxygens (including phenoxy) is 3. The zero-order chi connectivity index (χ0) is 23.7. The number of aromatic amines is 2. The van der Waals surface area contributed by atoms with Crippen LogP contribution in [0.2, 0.25) is 0 Å². The number of fused-ring (bicyclic) bond motifs is 2. The molecule has 5 aromatic rings. The van der Waals surface area contributed by atoms with Crippen LogP contribution in [0.1, 0.15) is 21.7 Å². The number of carbonyl (C=O) groups excluding carboxylic acids is 1. The normalized spacial score (nSPS) is 11.7. The van der Waals surface area contributed by atoms with Crippen LogP contribution in [0, 0.1) is 0 Å². The number of nitrogens with zero attached hydrogens (tertiary/aromatic N) is 1. The van der Waals surface area contributed by atoms with Crippen molar-refractivity contribution in [3.05, 3.63) is 83.8 Å². The van der Waals surface area contributed by atoms with Crippen LogP contribution in [0.3, 0.4) is 0 Å². The highest BCUT2D eigenvalue weighted by molar-refractivity contribution is 6.32. The van der Waals surface area contributed by atoms with Crippen LogP contribution in [0.15, 0.2) is 66.9 Å². The number of hydrogen-bond donors (Lipinski definition) is 2. The maximum Gasteiger partial charge on any atom is 0.203 e. The van der Waals surface area contributed by atoms with Crippen molar-refractivity contribution in [2.75, 3.05) is 21.3 Å². The smallest absolute Gasteiger partial charge is 0.203 e. The minimum Gasteiger partial charge on any atom is -0.493 e. The lowest BCUT2D eigenvalue weighted by Crippen LogP contribution is -2.06. The Balaban J connectivity index is 1.71. The Kier molecular flexibility index (Phi) is 5.51. The number of Topliss-reactive ketones (excluding diaryl/α,β-unsaturated/α-hetero) is 1. The lowest BCUT2D eigenvalue weighted by molar-refractivity contribution is 0.105. The maximum atomic E-state index is 13.9. The van der Waals surface area contributed by atoms with Gasteiger partial charge >= 0.3 is 0 Å². The molecule has 0 atom stereocenters. The van der Waals surface area contributed by atoms with Crippen molar-refractivity contribution in [1.82, 2.24) is 15.0 Å². The van der Waals surface area contributed by atoms with Gasteiger partial charge in [0.1, 0.15) is 5.82 Å². The summed E-state index contributed by atoms with van der Waals surface area (Å²) in [6.45, 7) is 0. The van der Waals surface area contributed by atoms with E-state index in [1.807, 2.05) is 60.8 Å². The molecule has 0 aliphatic carbocycles. The number of para-hydroxylation sites is 3. The molecule has 0 fully saturated rings. The Hall–Kier alpha value is -4.52. The van der Waals surface area contributed by atoms with Gasteiger partial charge in [0, 0.05) is 28.2 Å². The molecule has 0 bridgehead atoms. The standard InChI is InChI=1S/C27H23N3O4/c1-32-23-13-16(14-24(33-2)26(23)34-3)25(31)19(27-29-21-10-6-7-11-22(21)30-27)12-17-15-28-20-9-5-4-8-18(17)20/h4-15,28H,1-3H3,(H,29,30). The Labute approximate surface area is 196 Å². The van der Waals surface area contributed by atoms with E-state index in [1.54, 1.807) is 12.1 Å². The van der Waals surface area contributed by atoms with E-state index in [0.717, 1.165) is 27.5 Å². The zero-order valence-electron chi connectivity index (χ0n) is 19.0. The topological polar surface area (TPSA) is 89.2 Å². The maximum absolute atomic E-state index is 13.9. The van der Waals surface area contributed by atoms with Crippen LogP contribution < -0.4 is 14.2 Å². The first-order valence-electron chi connectivity index (χ1n) is 10.7. The number of nitrogens with one attached hydrogen (secondary N) is 2. The fourth-order valence-corrected chi connectivity index (χ4v) is 4.06. The monoisotopic (exact) mass is 453 g/mol. The Bertz CT molecular complexity index is 1490. The van der Waals surface area contributed by atoms with Gasteiger partial charge in [-0.25, -0.2) is 4.98 Å². The van der Waals surface area contributed by atoms with Gasteiger partial charge in [0.25, 0.3) is 0 Å². The molecule has 0 amide bonds. The fraction of sp³-hybridized carbons (Fsp3) is 0.111. The molecule has 2 heterocycles. The number of imidazole rings is 1. The van der Waals surface area contributed by atoms with Crippen LogP contribution in [-0.4, -0.2) is 42.1 Å². The van der Waals surface area contributed by atoms with Crippen LogP contribution in [0.25, 0.3) is 33.6 Å². The van der Waals surface area contributed by atoms with E-state index in [4.69, 9.17) is 19.2 Å². The van der Waals surface area contributed by atoms with Crippen molar-refractivity contribution in [3.63, 3.8) is 0 Å². The number of carbonyl (C=O) groups is 1. The molecule has 0 saturated heterocycles. The molecule has 0 unspecified atom stereocenters. The van der Waals surface area contributed by atoms with Gasteiger partial charge in [0.15, 0.2) is 17.3 Å². The van der Waals surface area contributed by atoms with E-state index in [1.165, 1.54) is 21.3 Å². The average Bonchev–Trinajstić information content (AvgIpc) is 3.49. The molecule has 170 valence electrons. The number of aromatic nitrogens is 3. The molecular weight excluding hydrogens is 430 g/mol. The number of benzene rings is 3. The lowest BCUT2D eigenvalue weighted by Gasteiger charge is -2.14. The summed E-state index contributed by atoms with van der Waals surface area (Å²) in [7, 11) is 4.57. The Morgan fingerprint density at radius 3 is 2.24 bits per heavy atom. The van der Waals surface area contributed by atoms with Crippen molar-refractivity contribution in [2.24, 2.45) is 0 Å². The van der Waals surface area contributed by atoms with Crippen molar-refractivity contribution < 1.29 is 19.0 Å². The van der Waals surface area contributed by atoms with E-state index in [0.29, 0.717) is 34.2 Å². The summed E-state index contributed by atoms with van der Waals surface area (Å²) in [6, 6.07) is 18.9. The highest BCUT2D eigenvalue weighted by Gasteiger charge is 2.23.